The number of carbonyl (C=O) groups is 1. The van der Waals surface area contributed by atoms with Crippen LogP contribution in [0.25, 0.3) is 0 Å². The number of rotatable bonds is 7. The molecule has 0 radical (unpaired) electrons. The first kappa shape index (κ1) is 18.7. The van der Waals surface area contributed by atoms with Crippen molar-refractivity contribution >= 4 is 23.2 Å². The first-order valence-electron chi connectivity index (χ1n) is 10.4. The van der Waals surface area contributed by atoms with Gasteiger partial charge >= 0.3 is 0 Å². The zero-order valence-electron chi connectivity index (χ0n) is 16.5. The highest BCUT2D eigenvalue weighted by atomic mass is 16.1. The molecule has 28 heavy (non-hydrogen) atoms. The molecule has 2 fully saturated rings. The minimum Gasteiger partial charge on any atom is -0.367 e. The zero-order chi connectivity index (χ0) is 19.3. The van der Waals surface area contributed by atoms with E-state index in [1.165, 1.54) is 24.8 Å². The monoisotopic (exact) mass is 379 g/mol. The minimum atomic E-state index is 0.0962. The quantitative estimate of drug-likeness (QED) is 0.761. The molecule has 4 rings (SSSR count). The number of hydrogen-bond acceptors (Lipinski definition) is 5. The molecule has 1 aliphatic heterocycles. The molecule has 6 nitrogen and oxygen atoms in total. The van der Waals surface area contributed by atoms with E-state index in [4.69, 9.17) is 0 Å². The van der Waals surface area contributed by atoms with Crippen LogP contribution in [0, 0.1) is 12.8 Å². The standard InChI is InChI=1S/C22H29N5O/c1-16-4-7-19(8-5-16)26-22(28)11-6-17-3-2-12-27(14-17)21-13-20(23-15-24-21)25-18-9-10-18/h4-5,7-8,13,15,17-18H,2-3,6,9-12,14H2,1H3,(H,26,28)(H,23,24,25)/t17-/m0/s1. The highest BCUT2D eigenvalue weighted by Gasteiger charge is 2.24. The largest absolute Gasteiger partial charge is 0.367 e. The van der Waals surface area contributed by atoms with Gasteiger partial charge in [-0.2, -0.15) is 0 Å². The van der Waals surface area contributed by atoms with Gasteiger partial charge in [0.2, 0.25) is 5.91 Å². The van der Waals surface area contributed by atoms with E-state index in [0.717, 1.165) is 43.3 Å². The number of anilines is 3. The maximum Gasteiger partial charge on any atom is 0.224 e. The first-order chi connectivity index (χ1) is 13.7. The van der Waals surface area contributed by atoms with Gasteiger partial charge in [-0.25, -0.2) is 9.97 Å². The third-order valence-electron chi connectivity index (χ3n) is 5.54. The fourth-order valence-electron chi connectivity index (χ4n) is 3.74. The first-order valence-corrected chi connectivity index (χ1v) is 10.4. The van der Waals surface area contributed by atoms with E-state index in [1.807, 2.05) is 31.2 Å². The molecule has 0 spiro atoms. The van der Waals surface area contributed by atoms with E-state index in [2.05, 4.69) is 31.6 Å². The number of aromatic nitrogens is 2. The van der Waals surface area contributed by atoms with Crippen LogP contribution in [0.4, 0.5) is 17.3 Å². The van der Waals surface area contributed by atoms with E-state index >= 15 is 0 Å². The molecule has 1 saturated heterocycles. The molecular weight excluding hydrogens is 350 g/mol. The van der Waals surface area contributed by atoms with Crippen LogP contribution in [0.5, 0.6) is 0 Å². The smallest absolute Gasteiger partial charge is 0.224 e. The number of nitrogens with zero attached hydrogens (tertiary/aromatic N) is 3. The molecule has 6 heteroatoms. The second-order valence-corrected chi connectivity index (χ2v) is 8.09. The van der Waals surface area contributed by atoms with Gasteiger partial charge in [0.05, 0.1) is 0 Å². The molecule has 1 aromatic carbocycles. The van der Waals surface area contributed by atoms with E-state index in [-0.39, 0.29) is 5.91 Å². The van der Waals surface area contributed by atoms with Crippen LogP contribution in [0.1, 0.15) is 44.1 Å². The van der Waals surface area contributed by atoms with Crippen LogP contribution in [-0.2, 0) is 4.79 Å². The van der Waals surface area contributed by atoms with Crippen LogP contribution >= 0.6 is 0 Å². The Morgan fingerprint density at radius 3 is 2.79 bits per heavy atom. The Morgan fingerprint density at radius 1 is 1.18 bits per heavy atom. The Bertz CT molecular complexity index is 803. The fraction of sp³-hybridized carbons (Fsp3) is 0.500. The van der Waals surface area contributed by atoms with Gasteiger partial charge in [-0.3, -0.25) is 4.79 Å². The summed E-state index contributed by atoms with van der Waals surface area (Å²) < 4.78 is 0. The zero-order valence-corrected chi connectivity index (χ0v) is 16.5. The van der Waals surface area contributed by atoms with Crippen LogP contribution in [0.15, 0.2) is 36.7 Å². The molecule has 148 valence electrons. The lowest BCUT2D eigenvalue weighted by molar-refractivity contribution is -0.116. The highest BCUT2D eigenvalue weighted by Crippen LogP contribution is 2.28. The maximum absolute atomic E-state index is 12.3. The summed E-state index contributed by atoms with van der Waals surface area (Å²) in [5, 5.41) is 6.44. The van der Waals surface area contributed by atoms with Crippen molar-refractivity contribution in [2.75, 3.05) is 28.6 Å². The van der Waals surface area contributed by atoms with Gasteiger partial charge in [0.15, 0.2) is 0 Å². The molecule has 1 amide bonds. The van der Waals surface area contributed by atoms with Gasteiger partial charge in [-0.1, -0.05) is 17.7 Å². The Labute approximate surface area is 166 Å². The van der Waals surface area contributed by atoms with Crippen LogP contribution < -0.4 is 15.5 Å². The average molecular weight is 380 g/mol. The van der Waals surface area contributed by atoms with Gasteiger partial charge in [0.1, 0.15) is 18.0 Å². The normalized spacial score (nSPS) is 19.3. The van der Waals surface area contributed by atoms with Gasteiger partial charge in [-0.05, 0) is 57.1 Å². The number of nitrogens with one attached hydrogen (secondary N) is 2. The molecule has 2 N–H and O–H groups in total. The predicted molar refractivity (Wildman–Crippen MR) is 113 cm³/mol. The summed E-state index contributed by atoms with van der Waals surface area (Å²) in [6, 6.07) is 10.6. The van der Waals surface area contributed by atoms with E-state index in [1.54, 1.807) is 6.33 Å². The molecule has 0 bridgehead atoms. The Hall–Kier alpha value is -2.63. The van der Waals surface area contributed by atoms with Crippen molar-refractivity contribution in [3.63, 3.8) is 0 Å². The summed E-state index contributed by atoms with van der Waals surface area (Å²) in [6.07, 6.45) is 7.90. The predicted octanol–water partition coefficient (Wildman–Crippen LogP) is 3.99. The highest BCUT2D eigenvalue weighted by molar-refractivity contribution is 5.90. The van der Waals surface area contributed by atoms with Gasteiger partial charge in [-0.15, -0.1) is 0 Å². The van der Waals surface area contributed by atoms with Crippen molar-refractivity contribution in [3.05, 3.63) is 42.2 Å². The van der Waals surface area contributed by atoms with E-state index < -0.39 is 0 Å². The summed E-state index contributed by atoms with van der Waals surface area (Å²) in [5.74, 6) is 2.53. The second-order valence-electron chi connectivity index (χ2n) is 8.09. The Kier molecular flexibility index (Phi) is 5.74. The van der Waals surface area contributed by atoms with E-state index in [9.17, 15) is 4.79 Å². The molecule has 1 aliphatic carbocycles. The summed E-state index contributed by atoms with van der Waals surface area (Å²) in [7, 11) is 0. The molecular formula is C22H29N5O. The molecule has 2 aliphatic rings. The molecule has 1 saturated carbocycles. The third-order valence-corrected chi connectivity index (χ3v) is 5.54. The van der Waals surface area contributed by atoms with Crippen molar-refractivity contribution in [1.82, 2.24) is 9.97 Å². The molecule has 2 aromatic rings. The van der Waals surface area contributed by atoms with Crippen LogP contribution in [0.2, 0.25) is 0 Å². The van der Waals surface area contributed by atoms with Gasteiger partial charge in [0.25, 0.3) is 0 Å². The second kappa shape index (κ2) is 8.59. The lowest BCUT2D eigenvalue weighted by Crippen LogP contribution is -2.36. The van der Waals surface area contributed by atoms with Crippen LogP contribution in [-0.4, -0.2) is 35.0 Å². The number of aryl methyl sites for hydroxylation is 1. The Morgan fingerprint density at radius 2 is 2.00 bits per heavy atom. The summed E-state index contributed by atoms with van der Waals surface area (Å²) >= 11 is 0. The average Bonchev–Trinajstić information content (AvgIpc) is 3.53. The number of hydrogen-bond donors (Lipinski definition) is 2. The number of piperidine rings is 1. The SMILES string of the molecule is Cc1ccc(NC(=O)CC[C@@H]2CCCN(c3cc(NC4CC4)ncn3)C2)cc1. The Balaban J connectivity index is 1.27. The molecule has 1 aromatic heterocycles. The van der Waals surface area contributed by atoms with Crippen molar-refractivity contribution in [2.45, 2.75) is 51.5 Å². The molecule has 1 atom stereocenters. The van der Waals surface area contributed by atoms with Crippen molar-refractivity contribution in [3.8, 4) is 0 Å². The number of carbonyl (C=O) groups excluding carboxylic acids is 1. The lowest BCUT2D eigenvalue weighted by Gasteiger charge is -2.33. The summed E-state index contributed by atoms with van der Waals surface area (Å²) in [4.78, 5) is 23.4. The van der Waals surface area contributed by atoms with Crippen molar-refractivity contribution in [2.24, 2.45) is 5.92 Å². The molecule has 0 unspecified atom stereocenters. The van der Waals surface area contributed by atoms with Gasteiger partial charge < -0.3 is 15.5 Å². The van der Waals surface area contributed by atoms with Crippen molar-refractivity contribution in [1.29, 1.82) is 0 Å². The number of amides is 1. The summed E-state index contributed by atoms with van der Waals surface area (Å²) in [5.41, 5.74) is 2.07. The van der Waals surface area contributed by atoms with Crippen LogP contribution in [0.3, 0.4) is 0 Å². The maximum atomic E-state index is 12.3. The topological polar surface area (TPSA) is 70.2 Å². The van der Waals surface area contributed by atoms with Crippen molar-refractivity contribution < 1.29 is 4.79 Å². The summed E-state index contributed by atoms with van der Waals surface area (Å²) in [6.45, 7) is 4.02. The minimum absolute atomic E-state index is 0.0962. The number of benzene rings is 1. The van der Waals surface area contributed by atoms with E-state index in [0.29, 0.717) is 18.4 Å². The third kappa shape index (κ3) is 5.21. The molecule has 2 heterocycles. The lowest BCUT2D eigenvalue weighted by atomic mass is 9.93. The fourth-order valence-corrected chi connectivity index (χ4v) is 3.74. The van der Waals surface area contributed by atoms with Gasteiger partial charge in [0, 0.05) is 37.3 Å².